The maximum atomic E-state index is 13.8. The summed E-state index contributed by atoms with van der Waals surface area (Å²) in [5, 5.41) is 9.55. The Bertz CT molecular complexity index is 1140. The van der Waals surface area contributed by atoms with Gasteiger partial charge < -0.3 is 14.4 Å². The second kappa shape index (κ2) is 7.89. The molecule has 2 aromatic carbocycles. The molecule has 1 heterocycles. The number of aliphatic carboxylic acids is 1. The van der Waals surface area contributed by atoms with E-state index in [4.69, 9.17) is 4.74 Å². The first-order chi connectivity index (χ1) is 13.3. The average molecular weight is 406 g/mol. The molecule has 3 rings (SSSR count). The summed E-state index contributed by atoms with van der Waals surface area (Å²) in [6.45, 7) is 1.64. The highest BCUT2D eigenvalue weighted by atomic mass is 32.1. The Balaban J connectivity index is 2.25. The number of carbonyl (C=O) groups is 2. The lowest BCUT2D eigenvalue weighted by atomic mass is 10.2. The van der Waals surface area contributed by atoms with E-state index in [1.54, 1.807) is 25.1 Å². The van der Waals surface area contributed by atoms with E-state index in [-0.39, 0.29) is 27.0 Å². The van der Waals surface area contributed by atoms with Crippen LogP contribution in [0.15, 0.2) is 41.4 Å². The van der Waals surface area contributed by atoms with E-state index in [9.17, 15) is 23.5 Å². The first-order valence-corrected chi connectivity index (χ1v) is 9.13. The van der Waals surface area contributed by atoms with Gasteiger partial charge in [-0.05, 0) is 30.7 Å². The van der Waals surface area contributed by atoms with Crippen molar-refractivity contribution in [1.82, 2.24) is 4.57 Å². The summed E-state index contributed by atoms with van der Waals surface area (Å²) in [6, 6.07) is 7.13. The van der Waals surface area contributed by atoms with Crippen molar-refractivity contribution in [1.29, 1.82) is 0 Å². The molecule has 28 heavy (non-hydrogen) atoms. The number of benzene rings is 2. The highest BCUT2D eigenvalue weighted by Gasteiger charge is 2.23. The normalized spacial score (nSPS) is 12.9. The van der Waals surface area contributed by atoms with Crippen molar-refractivity contribution in [2.24, 2.45) is 4.99 Å². The van der Waals surface area contributed by atoms with Gasteiger partial charge in [0.05, 0.1) is 17.3 Å². The molecule has 0 aliphatic heterocycles. The predicted molar refractivity (Wildman–Crippen MR) is 99.6 cm³/mol. The number of carboxylic acid groups (broad SMARTS) is 1. The van der Waals surface area contributed by atoms with Crippen LogP contribution in [0.1, 0.15) is 29.7 Å². The smallest absolute Gasteiger partial charge is 0.326 e. The molecule has 0 saturated heterocycles. The lowest BCUT2D eigenvalue weighted by molar-refractivity contribution is -0.140. The van der Waals surface area contributed by atoms with E-state index >= 15 is 0 Å². The number of halogens is 2. The maximum Gasteiger partial charge on any atom is 0.326 e. The zero-order chi connectivity index (χ0) is 20.4. The summed E-state index contributed by atoms with van der Waals surface area (Å²) in [5.41, 5.74) is 0.402. The van der Waals surface area contributed by atoms with Gasteiger partial charge in [0.25, 0.3) is 5.91 Å². The molecule has 0 radical (unpaired) electrons. The molecule has 0 aliphatic rings. The molecule has 3 aromatic rings. The van der Waals surface area contributed by atoms with Gasteiger partial charge in [-0.1, -0.05) is 24.3 Å². The Morgan fingerprint density at radius 1 is 1.25 bits per heavy atom. The van der Waals surface area contributed by atoms with E-state index in [0.717, 1.165) is 23.5 Å². The minimum atomic E-state index is -1.16. The summed E-state index contributed by atoms with van der Waals surface area (Å²) in [5.74, 6) is -3.49. The van der Waals surface area contributed by atoms with Crippen molar-refractivity contribution >= 4 is 33.4 Å². The average Bonchev–Trinajstić information content (AvgIpc) is 2.99. The monoisotopic (exact) mass is 406 g/mol. The second-order valence-corrected chi connectivity index (χ2v) is 6.91. The second-order valence-electron chi connectivity index (χ2n) is 5.90. The van der Waals surface area contributed by atoms with Crippen molar-refractivity contribution in [3.8, 4) is 5.75 Å². The van der Waals surface area contributed by atoms with Crippen LogP contribution >= 0.6 is 11.3 Å². The Labute approximate surface area is 162 Å². The number of aromatic nitrogens is 1. The SMILES string of the molecule is CCC(C(=O)O)n1c(=NC(=O)c2cccc(OC)c2)sc2cc(F)c(F)cc21. The quantitative estimate of drug-likeness (QED) is 0.700. The van der Waals surface area contributed by atoms with Crippen LogP contribution in [-0.4, -0.2) is 28.7 Å². The zero-order valence-corrected chi connectivity index (χ0v) is 15.8. The number of amides is 1. The van der Waals surface area contributed by atoms with Crippen molar-refractivity contribution in [3.05, 3.63) is 58.4 Å². The van der Waals surface area contributed by atoms with Crippen molar-refractivity contribution in [3.63, 3.8) is 0 Å². The Kier molecular flexibility index (Phi) is 5.55. The van der Waals surface area contributed by atoms with Crippen LogP contribution in [0, 0.1) is 11.6 Å². The number of thiazole rings is 1. The summed E-state index contributed by atoms with van der Waals surface area (Å²) >= 11 is 0.915. The Morgan fingerprint density at radius 2 is 1.96 bits per heavy atom. The topological polar surface area (TPSA) is 80.9 Å². The third-order valence-corrected chi connectivity index (χ3v) is 5.18. The van der Waals surface area contributed by atoms with Gasteiger partial charge in [-0.25, -0.2) is 13.6 Å². The summed E-state index contributed by atoms with van der Waals surface area (Å²) in [4.78, 5) is 28.4. The third-order valence-electron chi connectivity index (χ3n) is 4.17. The number of ether oxygens (including phenoxy) is 1. The lowest BCUT2D eigenvalue weighted by Crippen LogP contribution is -2.27. The predicted octanol–water partition coefficient (Wildman–Crippen LogP) is 3.77. The molecule has 1 amide bonds. The first-order valence-electron chi connectivity index (χ1n) is 8.31. The van der Waals surface area contributed by atoms with E-state index in [0.29, 0.717) is 5.75 Å². The van der Waals surface area contributed by atoms with Crippen LogP contribution < -0.4 is 9.54 Å². The van der Waals surface area contributed by atoms with Crippen LogP contribution in [0.5, 0.6) is 5.75 Å². The first kappa shape index (κ1) is 19.7. The molecule has 0 bridgehead atoms. The van der Waals surface area contributed by atoms with Gasteiger partial charge in [0.2, 0.25) is 0 Å². The largest absolute Gasteiger partial charge is 0.497 e. The number of carbonyl (C=O) groups excluding carboxylic acids is 1. The molecule has 0 aliphatic carbocycles. The number of fused-ring (bicyclic) bond motifs is 1. The summed E-state index contributed by atoms with van der Waals surface area (Å²) in [6.07, 6.45) is 0.167. The highest BCUT2D eigenvalue weighted by molar-refractivity contribution is 7.16. The van der Waals surface area contributed by atoms with Crippen LogP contribution in [-0.2, 0) is 4.79 Å². The summed E-state index contributed by atoms with van der Waals surface area (Å²) < 4.78 is 34.0. The number of rotatable bonds is 5. The number of methoxy groups -OCH3 is 1. The van der Waals surface area contributed by atoms with Crippen LogP contribution in [0.4, 0.5) is 8.78 Å². The summed E-state index contributed by atoms with van der Waals surface area (Å²) in [7, 11) is 1.46. The van der Waals surface area contributed by atoms with Gasteiger partial charge in [-0.3, -0.25) is 4.79 Å². The highest BCUT2D eigenvalue weighted by Crippen LogP contribution is 2.25. The van der Waals surface area contributed by atoms with Crippen LogP contribution in [0.3, 0.4) is 0 Å². The van der Waals surface area contributed by atoms with Crippen molar-refractivity contribution in [2.45, 2.75) is 19.4 Å². The van der Waals surface area contributed by atoms with Gasteiger partial charge in [0, 0.05) is 11.6 Å². The van der Waals surface area contributed by atoms with Gasteiger partial charge in [0.15, 0.2) is 16.4 Å². The van der Waals surface area contributed by atoms with E-state index < -0.39 is 29.6 Å². The molecule has 1 atom stereocenters. The molecule has 0 fully saturated rings. The molecule has 146 valence electrons. The van der Waals surface area contributed by atoms with Crippen molar-refractivity contribution in [2.75, 3.05) is 7.11 Å². The van der Waals surface area contributed by atoms with Gasteiger partial charge >= 0.3 is 5.97 Å². The fourth-order valence-electron chi connectivity index (χ4n) is 2.79. The molecule has 1 aromatic heterocycles. The number of hydrogen-bond acceptors (Lipinski definition) is 4. The Hall–Kier alpha value is -3.07. The van der Waals surface area contributed by atoms with Gasteiger partial charge in [0.1, 0.15) is 11.8 Å². The third kappa shape index (κ3) is 3.65. The van der Waals surface area contributed by atoms with Crippen molar-refractivity contribution < 1.29 is 28.2 Å². The minimum Gasteiger partial charge on any atom is -0.497 e. The molecule has 1 N–H and O–H groups in total. The van der Waals surface area contributed by atoms with E-state index in [1.807, 2.05) is 0 Å². The maximum absolute atomic E-state index is 13.8. The van der Waals surface area contributed by atoms with Gasteiger partial charge in [-0.2, -0.15) is 4.99 Å². The van der Waals surface area contributed by atoms with Crippen LogP contribution in [0.25, 0.3) is 10.2 Å². The molecular weight excluding hydrogens is 390 g/mol. The van der Waals surface area contributed by atoms with Gasteiger partial charge in [-0.15, -0.1) is 0 Å². The molecule has 0 saturated carbocycles. The minimum absolute atomic E-state index is 0.0436. The number of nitrogens with zero attached hydrogens (tertiary/aromatic N) is 2. The molecule has 9 heteroatoms. The van der Waals surface area contributed by atoms with E-state index in [2.05, 4.69) is 4.99 Å². The zero-order valence-electron chi connectivity index (χ0n) is 15.0. The molecule has 1 unspecified atom stereocenters. The number of hydrogen-bond donors (Lipinski definition) is 1. The lowest BCUT2D eigenvalue weighted by Gasteiger charge is -2.13. The van der Waals surface area contributed by atoms with Crippen LogP contribution in [0.2, 0.25) is 0 Å². The number of carboxylic acids is 1. The van der Waals surface area contributed by atoms with E-state index in [1.165, 1.54) is 17.7 Å². The fourth-order valence-corrected chi connectivity index (χ4v) is 3.87. The fraction of sp³-hybridized carbons (Fsp3) is 0.211. The Morgan fingerprint density at radius 3 is 2.61 bits per heavy atom. The molecule has 0 spiro atoms. The standard InChI is InChI=1S/C19H16F2N2O4S/c1-3-14(18(25)26)23-15-8-12(20)13(21)9-16(15)28-19(23)22-17(24)10-5-4-6-11(7-10)27-2/h4-9,14H,3H2,1-2H3,(H,25,26). The molecular formula is C19H16F2N2O4S. The molecule has 6 nitrogen and oxygen atoms in total.